The SMILES string of the molecule is CC(C)(N)CNC(=O)C(Sc1ccc(F)cc1)c1ccccc1. The summed E-state index contributed by atoms with van der Waals surface area (Å²) >= 11 is 1.39. The summed E-state index contributed by atoms with van der Waals surface area (Å²) in [5.41, 5.74) is 6.35. The van der Waals surface area contributed by atoms with E-state index in [2.05, 4.69) is 5.32 Å². The highest BCUT2D eigenvalue weighted by molar-refractivity contribution is 8.00. The number of carbonyl (C=O) groups is 1. The zero-order valence-electron chi connectivity index (χ0n) is 13.3. The van der Waals surface area contributed by atoms with Crippen LogP contribution in [0.15, 0.2) is 59.5 Å². The third-order valence-corrected chi connectivity index (χ3v) is 4.39. The molecule has 0 saturated carbocycles. The van der Waals surface area contributed by atoms with Gasteiger partial charge in [-0.2, -0.15) is 0 Å². The first-order chi connectivity index (χ1) is 10.8. The summed E-state index contributed by atoms with van der Waals surface area (Å²) < 4.78 is 13.1. The second-order valence-electron chi connectivity index (χ2n) is 6.07. The second kappa shape index (κ2) is 7.62. The Balaban J connectivity index is 2.18. The molecule has 5 heteroatoms. The summed E-state index contributed by atoms with van der Waals surface area (Å²) in [7, 11) is 0. The molecule has 2 aromatic carbocycles. The minimum atomic E-state index is -0.475. The predicted molar refractivity (Wildman–Crippen MR) is 92.7 cm³/mol. The molecule has 0 aliphatic heterocycles. The topological polar surface area (TPSA) is 55.1 Å². The van der Waals surface area contributed by atoms with E-state index in [1.54, 1.807) is 12.1 Å². The predicted octanol–water partition coefficient (Wildman–Crippen LogP) is 3.51. The molecule has 0 spiro atoms. The van der Waals surface area contributed by atoms with Gasteiger partial charge in [-0.3, -0.25) is 4.79 Å². The Kier molecular flexibility index (Phi) is 5.80. The van der Waals surface area contributed by atoms with Gasteiger partial charge in [-0.05, 0) is 43.7 Å². The van der Waals surface area contributed by atoms with E-state index in [9.17, 15) is 9.18 Å². The molecule has 1 amide bonds. The molecular weight excluding hydrogens is 311 g/mol. The van der Waals surface area contributed by atoms with Crippen LogP contribution in [-0.4, -0.2) is 18.0 Å². The van der Waals surface area contributed by atoms with Crippen LogP contribution >= 0.6 is 11.8 Å². The molecule has 0 heterocycles. The summed E-state index contributed by atoms with van der Waals surface area (Å²) in [5, 5.41) is 2.48. The lowest BCUT2D eigenvalue weighted by Gasteiger charge is -2.22. The molecule has 0 bridgehead atoms. The van der Waals surface area contributed by atoms with E-state index in [-0.39, 0.29) is 11.7 Å². The highest BCUT2D eigenvalue weighted by Gasteiger charge is 2.23. The van der Waals surface area contributed by atoms with Crippen molar-refractivity contribution in [3.05, 3.63) is 66.0 Å². The maximum absolute atomic E-state index is 13.1. The number of hydrogen-bond acceptors (Lipinski definition) is 3. The molecule has 3 nitrogen and oxygen atoms in total. The van der Waals surface area contributed by atoms with Gasteiger partial charge in [0.05, 0.1) is 0 Å². The molecule has 0 aliphatic rings. The van der Waals surface area contributed by atoms with Crippen molar-refractivity contribution >= 4 is 17.7 Å². The van der Waals surface area contributed by atoms with Crippen molar-refractivity contribution in [1.29, 1.82) is 0 Å². The molecule has 122 valence electrons. The number of halogens is 1. The molecule has 0 fully saturated rings. The maximum Gasteiger partial charge on any atom is 0.238 e. The van der Waals surface area contributed by atoms with E-state index >= 15 is 0 Å². The van der Waals surface area contributed by atoms with Crippen LogP contribution in [0.4, 0.5) is 4.39 Å². The lowest BCUT2D eigenvalue weighted by atomic mass is 10.1. The summed E-state index contributed by atoms with van der Waals surface area (Å²) in [5.74, 6) is -0.399. The molecule has 23 heavy (non-hydrogen) atoms. The number of nitrogens with one attached hydrogen (secondary N) is 1. The summed E-state index contributed by atoms with van der Waals surface area (Å²) in [6.07, 6.45) is 0. The zero-order valence-corrected chi connectivity index (χ0v) is 14.1. The van der Waals surface area contributed by atoms with Gasteiger partial charge in [0.15, 0.2) is 0 Å². The maximum atomic E-state index is 13.1. The standard InChI is InChI=1S/C18H21FN2OS/c1-18(2,20)12-21-17(22)16(13-6-4-3-5-7-13)23-15-10-8-14(19)9-11-15/h3-11,16H,12,20H2,1-2H3,(H,21,22). The van der Waals surface area contributed by atoms with E-state index < -0.39 is 10.8 Å². The summed E-state index contributed by atoms with van der Waals surface area (Å²) in [6, 6.07) is 15.7. The van der Waals surface area contributed by atoms with E-state index in [1.165, 1.54) is 23.9 Å². The van der Waals surface area contributed by atoms with Crippen molar-refractivity contribution in [2.75, 3.05) is 6.54 Å². The fourth-order valence-electron chi connectivity index (χ4n) is 1.96. The average molecular weight is 332 g/mol. The number of benzene rings is 2. The fraction of sp³-hybridized carbons (Fsp3) is 0.278. The molecule has 0 aromatic heterocycles. The molecule has 2 rings (SSSR count). The van der Waals surface area contributed by atoms with Gasteiger partial charge < -0.3 is 11.1 Å². The first kappa shape index (κ1) is 17.5. The van der Waals surface area contributed by atoms with Gasteiger partial charge in [0.1, 0.15) is 11.1 Å². The van der Waals surface area contributed by atoms with Crippen LogP contribution in [0.3, 0.4) is 0 Å². The Labute approximate surface area is 140 Å². The number of nitrogens with two attached hydrogens (primary N) is 1. The Morgan fingerprint density at radius 3 is 2.35 bits per heavy atom. The first-order valence-corrected chi connectivity index (χ1v) is 8.27. The molecule has 1 unspecified atom stereocenters. The fourth-order valence-corrected chi connectivity index (χ4v) is 3.01. The largest absolute Gasteiger partial charge is 0.353 e. The van der Waals surface area contributed by atoms with Crippen LogP contribution < -0.4 is 11.1 Å². The van der Waals surface area contributed by atoms with E-state index in [0.29, 0.717) is 6.54 Å². The van der Waals surface area contributed by atoms with E-state index in [4.69, 9.17) is 5.73 Å². The molecule has 1 atom stereocenters. The van der Waals surface area contributed by atoms with Crippen molar-refractivity contribution in [3.8, 4) is 0 Å². The minimum Gasteiger partial charge on any atom is -0.353 e. The number of hydrogen-bond donors (Lipinski definition) is 2. The molecule has 3 N–H and O–H groups in total. The van der Waals surface area contributed by atoms with Crippen LogP contribution in [0.1, 0.15) is 24.7 Å². The van der Waals surface area contributed by atoms with Gasteiger partial charge in [-0.1, -0.05) is 30.3 Å². The molecule has 2 aromatic rings. The van der Waals surface area contributed by atoms with Crippen LogP contribution in [0, 0.1) is 5.82 Å². The quantitative estimate of drug-likeness (QED) is 0.796. The van der Waals surface area contributed by atoms with Crippen molar-refractivity contribution in [2.45, 2.75) is 29.5 Å². The molecule has 0 saturated heterocycles. The Hall–Kier alpha value is -1.85. The van der Waals surface area contributed by atoms with Crippen LogP contribution in [0.5, 0.6) is 0 Å². The van der Waals surface area contributed by atoms with Crippen LogP contribution in [-0.2, 0) is 4.79 Å². The number of rotatable bonds is 6. The van der Waals surface area contributed by atoms with Gasteiger partial charge in [-0.25, -0.2) is 4.39 Å². The Morgan fingerprint density at radius 2 is 1.78 bits per heavy atom. The lowest BCUT2D eigenvalue weighted by molar-refractivity contribution is -0.120. The summed E-state index contributed by atoms with van der Waals surface area (Å²) in [6.45, 7) is 4.11. The number of amides is 1. The van der Waals surface area contributed by atoms with E-state index in [0.717, 1.165) is 10.5 Å². The monoisotopic (exact) mass is 332 g/mol. The number of thioether (sulfide) groups is 1. The van der Waals surface area contributed by atoms with Crippen molar-refractivity contribution < 1.29 is 9.18 Å². The zero-order chi connectivity index (χ0) is 16.9. The lowest BCUT2D eigenvalue weighted by Crippen LogP contribution is -2.46. The number of carbonyl (C=O) groups excluding carboxylic acids is 1. The summed E-state index contributed by atoms with van der Waals surface area (Å²) in [4.78, 5) is 13.4. The van der Waals surface area contributed by atoms with Gasteiger partial charge in [0.2, 0.25) is 5.91 Å². The average Bonchev–Trinajstić information content (AvgIpc) is 2.52. The van der Waals surface area contributed by atoms with Crippen LogP contribution in [0.2, 0.25) is 0 Å². The third kappa shape index (κ3) is 5.69. The smallest absolute Gasteiger partial charge is 0.238 e. The minimum absolute atomic E-state index is 0.107. The van der Waals surface area contributed by atoms with Gasteiger partial charge in [0, 0.05) is 17.0 Å². The second-order valence-corrected chi connectivity index (χ2v) is 7.25. The highest BCUT2D eigenvalue weighted by atomic mass is 32.2. The Bertz CT molecular complexity index is 638. The normalized spacial score (nSPS) is 12.7. The highest BCUT2D eigenvalue weighted by Crippen LogP contribution is 2.35. The molecular formula is C18H21FN2OS. The van der Waals surface area contributed by atoms with Gasteiger partial charge in [-0.15, -0.1) is 11.8 Å². The Morgan fingerprint density at radius 1 is 1.17 bits per heavy atom. The van der Waals surface area contributed by atoms with Gasteiger partial charge in [0.25, 0.3) is 0 Å². The van der Waals surface area contributed by atoms with Crippen molar-refractivity contribution in [3.63, 3.8) is 0 Å². The van der Waals surface area contributed by atoms with E-state index in [1.807, 2.05) is 44.2 Å². The van der Waals surface area contributed by atoms with Crippen molar-refractivity contribution in [2.24, 2.45) is 5.73 Å². The first-order valence-electron chi connectivity index (χ1n) is 7.39. The molecule has 0 aliphatic carbocycles. The van der Waals surface area contributed by atoms with Gasteiger partial charge >= 0.3 is 0 Å². The van der Waals surface area contributed by atoms with Crippen molar-refractivity contribution in [1.82, 2.24) is 5.32 Å². The molecule has 0 radical (unpaired) electrons. The van der Waals surface area contributed by atoms with Crippen LogP contribution in [0.25, 0.3) is 0 Å². The third-order valence-electron chi connectivity index (χ3n) is 3.13.